The smallest absolute Gasteiger partial charge is 0.349 e. The van der Waals surface area contributed by atoms with E-state index in [0.29, 0.717) is 15.8 Å². The van der Waals surface area contributed by atoms with Gasteiger partial charge in [-0.15, -0.1) is 0 Å². The number of halogens is 1. The summed E-state index contributed by atoms with van der Waals surface area (Å²) in [4.78, 5) is 23.5. The fourth-order valence-electron chi connectivity index (χ4n) is 2.90. The number of nitriles is 1. The highest BCUT2D eigenvalue weighted by molar-refractivity contribution is 9.10. The van der Waals surface area contributed by atoms with Crippen LogP contribution in [0.25, 0.3) is 17.2 Å². The van der Waals surface area contributed by atoms with Crippen molar-refractivity contribution >= 4 is 33.9 Å². The van der Waals surface area contributed by atoms with Crippen molar-refractivity contribution in [1.82, 2.24) is 0 Å². The zero-order valence-corrected chi connectivity index (χ0v) is 19.2. The Kier molecular flexibility index (Phi) is 7.84. The number of nitrogens with two attached hydrogens (primary N) is 1. The number of amides is 1. The van der Waals surface area contributed by atoms with Crippen molar-refractivity contribution < 1.29 is 23.8 Å². The summed E-state index contributed by atoms with van der Waals surface area (Å²) in [7, 11) is 1.40. The van der Waals surface area contributed by atoms with Gasteiger partial charge in [0.05, 0.1) is 11.6 Å². The molecular weight excluding hydrogens is 488 g/mol. The highest BCUT2D eigenvalue weighted by Crippen LogP contribution is 2.31. The first-order chi connectivity index (χ1) is 15.9. The number of hydrogen-bond acceptors (Lipinski definition) is 6. The molecule has 0 heterocycles. The number of methoxy groups -OCH3 is 1. The predicted octanol–water partition coefficient (Wildman–Crippen LogP) is 4.50. The quantitative estimate of drug-likeness (QED) is 0.208. The van der Waals surface area contributed by atoms with Gasteiger partial charge in [-0.2, -0.15) is 5.26 Å². The van der Waals surface area contributed by atoms with Crippen molar-refractivity contribution in [2.75, 3.05) is 13.7 Å². The van der Waals surface area contributed by atoms with E-state index in [2.05, 4.69) is 15.9 Å². The summed E-state index contributed by atoms with van der Waals surface area (Å²) in [5.74, 6) is -0.571. The summed E-state index contributed by atoms with van der Waals surface area (Å²) in [6.45, 7) is -0.325. The Morgan fingerprint density at radius 2 is 1.73 bits per heavy atom. The minimum Gasteiger partial charge on any atom is -0.493 e. The monoisotopic (exact) mass is 506 g/mol. The molecule has 33 heavy (non-hydrogen) atoms. The molecule has 0 unspecified atom stereocenters. The van der Waals surface area contributed by atoms with Crippen LogP contribution in [0, 0.1) is 11.3 Å². The minimum atomic E-state index is -0.841. The fraction of sp³-hybridized carbons (Fsp3) is 0.0800. The van der Waals surface area contributed by atoms with Crippen LogP contribution < -0.4 is 19.9 Å². The van der Waals surface area contributed by atoms with Crippen molar-refractivity contribution in [3.8, 4) is 34.4 Å². The summed E-state index contributed by atoms with van der Waals surface area (Å²) < 4.78 is 16.9. The van der Waals surface area contributed by atoms with Gasteiger partial charge in [-0.3, -0.25) is 4.79 Å². The molecule has 1 amide bonds. The zero-order chi connectivity index (χ0) is 23.8. The average molecular weight is 507 g/mol. The van der Waals surface area contributed by atoms with E-state index >= 15 is 0 Å². The van der Waals surface area contributed by atoms with E-state index in [1.54, 1.807) is 18.2 Å². The molecule has 0 aromatic heterocycles. The molecular formula is C25H19BrN2O5. The third-order valence-corrected chi connectivity index (χ3v) is 5.11. The molecule has 3 aromatic carbocycles. The Bertz CT molecular complexity index is 1250. The topological polar surface area (TPSA) is 112 Å². The van der Waals surface area contributed by atoms with Crippen LogP contribution in [0.2, 0.25) is 0 Å². The van der Waals surface area contributed by atoms with E-state index in [9.17, 15) is 9.59 Å². The van der Waals surface area contributed by atoms with E-state index in [1.165, 1.54) is 25.3 Å². The predicted molar refractivity (Wildman–Crippen MR) is 126 cm³/mol. The van der Waals surface area contributed by atoms with Gasteiger partial charge < -0.3 is 19.9 Å². The largest absolute Gasteiger partial charge is 0.493 e. The normalized spacial score (nSPS) is 10.8. The number of hydrogen-bond donors (Lipinski definition) is 1. The number of primary amides is 1. The molecule has 3 rings (SSSR count). The van der Waals surface area contributed by atoms with Gasteiger partial charge >= 0.3 is 5.97 Å². The summed E-state index contributed by atoms with van der Waals surface area (Å²) in [6.07, 6.45) is 1.32. The number of carbonyl (C=O) groups is 2. The van der Waals surface area contributed by atoms with Crippen LogP contribution in [0.15, 0.2) is 76.8 Å². The highest BCUT2D eigenvalue weighted by atomic mass is 79.9. The molecule has 3 aromatic rings. The first-order valence-electron chi connectivity index (χ1n) is 9.69. The standard InChI is InChI=1S/C25H19BrN2O5/c1-31-23-12-16(11-19(14-27)25(28)30)7-9-22(23)33-24(29)15-32-21-10-8-18(13-20(21)26)17-5-3-2-4-6-17/h2-13H,15H2,1H3,(H2,28,30)/b19-11+. The van der Waals surface area contributed by atoms with Crippen molar-refractivity contribution in [3.05, 3.63) is 82.3 Å². The van der Waals surface area contributed by atoms with Gasteiger partial charge in [-0.25, -0.2) is 4.79 Å². The lowest BCUT2D eigenvalue weighted by atomic mass is 10.1. The number of benzene rings is 3. The SMILES string of the molecule is COc1cc(/C=C(\C#N)C(N)=O)ccc1OC(=O)COc1ccc(-c2ccccc2)cc1Br. The molecule has 0 spiro atoms. The molecule has 7 nitrogen and oxygen atoms in total. The van der Waals surface area contributed by atoms with Gasteiger partial charge in [0, 0.05) is 0 Å². The second-order valence-corrected chi connectivity index (χ2v) is 7.57. The van der Waals surface area contributed by atoms with Crippen LogP contribution in [0.1, 0.15) is 5.56 Å². The number of esters is 1. The van der Waals surface area contributed by atoms with Crippen LogP contribution in [-0.2, 0) is 9.59 Å². The van der Waals surface area contributed by atoms with Crippen molar-refractivity contribution in [2.24, 2.45) is 5.73 Å². The lowest BCUT2D eigenvalue weighted by molar-refractivity contribution is -0.136. The Balaban J connectivity index is 1.66. The van der Waals surface area contributed by atoms with Gasteiger partial charge in [0.1, 0.15) is 17.4 Å². The molecule has 0 bridgehead atoms. The maximum Gasteiger partial charge on any atom is 0.349 e. The summed E-state index contributed by atoms with van der Waals surface area (Å²) in [5.41, 5.74) is 7.49. The molecule has 2 N–H and O–H groups in total. The highest BCUT2D eigenvalue weighted by Gasteiger charge is 2.13. The summed E-state index contributed by atoms with van der Waals surface area (Å²) >= 11 is 3.47. The lowest BCUT2D eigenvalue weighted by Gasteiger charge is -2.12. The molecule has 0 saturated heterocycles. The van der Waals surface area contributed by atoms with Gasteiger partial charge in [0.25, 0.3) is 5.91 Å². The third-order valence-electron chi connectivity index (χ3n) is 4.49. The van der Waals surface area contributed by atoms with Crippen LogP contribution in [0.4, 0.5) is 0 Å². The molecule has 8 heteroatoms. The molecule has 0 atom stereocenters. The molecule has 0 aliphatic rings. The molecule has 166 valence electrons. The molecule has 0 saturated carbocycles. The van der Waals surface area contributed by atoms with Crippen LogP contribution in [0.5, 0.6) is 17.2 Å². The first-order valence-corrected chi connectivity index (χ1v) is 10.5. The summed E-state index contributed by atoms with van der Waals surface area (Å²) in [6, 6.07) is 21.7. The maximum atomic E-state index is 12.3. The maximum absolute atomic E-state index is 12.3. The van der Waals surface area contributed by atoms with Gasteiger partial charge in [0.15, 0.2) is 18.1 Å². The Morgan fingerprint density at radius 3 is 2.36 bits per heavy atom. The van der Waals surface area contributed by atoms with Gasteiger partial charge in [-0.1, -0.05) is 42.5 Å². The summed E-state index contributed by atoms with van der Waals surface area (Å²) in [5, 5.41) is 8.97. The van der Waals surface area contributed by atoms with E-state index in [4.69, 9.17) is 25.2 Å². The number of ether oxygens (including phenoxy) is 3. The van der Waals surface area contributed by atoms with Crippen molar-refractivity contribution in [3.63, 3.8) is 0 Å². The fourth-order valence-corrected chi connectivity index (χ4v) is 3.39. The lowest BCUT2D eigenvalue weighted by Crippen LogP contribution is -2.18. The van der Waals surface area contributed by atoms with Crippen LogP contribution in [0.3, 0.4) is 0 Å². The van der Waals surface area contributed by atoms with Crippen LogP contribution in [-0.4, -0.2) is 25.6 Å². The average Bonchev–Trinajstić information content (AvgIpc) is 2.82. The van der Waals surface area contributed by atoms with Crippen LogP contribution >= 0.6 is 15.9 Å². The van der Waals surface area contributed by atoms with E-state index in [1.807, 2.05) is 42.5 Å². The Morgan fingerprint density at radius 1 is 1.00 bits per heavy atom. The molecule has 0 fully saturated rings. The second-order valence-electron chi connectivity index (χ2n) is 6.72. The van der Waals surface area contributed by atoms with Gasteiger partial charge in [-0.05, 0) is 63.0 Å². The zero-order valence-electron chi connectivity index (χ0n) is 17.6. The minimum absolute atomic E-state index is 0.166. The molecule has 0 aliphatic heterocycles. The molecule has 0 radical (unpaired) electrons. The van der Waals surface area contributed by atoms with Gasteiger partial charge in [0.2, 0.25) is 0 Å². The second kappa shape index (κ2) is 11.0. The van der Waals surface area contributed by atoms with E-state index in [-0.39, 0.29) is 23.7 Å². The number of nitrogens with zero attached hydrogens (tertiary/aromatic N) is 1. The van der Waals surface area contributed by atoms with Crippen molar-refractivity contribution in [1.29, 1.82) is 5.26 Å². The van der Waals surface area contributed by atoms with E-state index in [0.717, 1.165) is 11.1 Å². The van der Waals surface area contributed by atoms with E-state index < -0.39 is 11.9 Å². The first kappa shape index (κ1) is 23.6. The number of carbonyl (C=O) groups excluding carboxylic acids is 2. The Labute approximate surface area is 199 Å². The molecule has 0 aliphatic carbocycles. The number of rotatable bonds is 8. The third kappa shape index (κ3) is 6.21. The van der Waals surface area contributed by atoms with Crippen molar-refractivity contribution in [2.45, 2.75) is 0 Å². The Hall–Kier alpha value is -4.09.